The molecule has 0 aliphatic carbocycles. The van der Waals surface area contributed by atoms with Crippen molar-refractivity contribution in [2.45, 2.75) is 13.0 Å². The van der Waals surface area contributed by atoms with E-state index in [1.54, 1.807) is 23.9 Å². The van der Waals surface area contributed by atoms with E-state index in [1.165, 1.54) is 4.88 Å². The first-order valence-electron chi connectivity index (χ1n) is 9.21. The van der Waals surface area contributed by atoms with Crippen molar-refractivity contribution in [1.82, 2.24) is 4.90 Å². The van der Waals surface area contributed by atoms with Gasteiger partial charge in [0, 0.05) is 23.5 Å². The molecule has 5 heteroatoms. The zero-order valence-electron chi connectivity index (χ0n) is 15.4. The number of carbonyl (C=O) groups is 1. The summed E-state index contributed by atoms with van der Waals surface area (Å²) in [5, 5.41) is 4.31. The summed E-state index contributed by atoms with van der Waals surface area (Å²) in [5.74, 6) is 0.666. The van der Waals surface area contributed by atoms with Crippen molar-refractivity contribution >= 4 is 28.0 Å². The molecule has 142 valence electrons. The number of amides is 1. The predicted octanol–water partition coefficient (Wildman–Crippen LogP) is 5.14. The number of thiophene rings is 1. The van der Waals surface area contributed by atoms with Crippen molar-refractivity contribution in [3.05, 3.63) is 89.0 Å². The molecule has 0 atom stereocenters. The first-order valence-corrected chi connectivity index (χ1v) is 10.1. The van der Waals surface area contributed by atoms with Crippen LogP contribution in [-0.2, 0) is 17.8 Å². The van der Waals surface area contributed by atoms with Gasteiger partial charge < -0.3 is 14.1 Å². The van der Waals surface area contributed by atoms with E-state index in [2.05, 4.69) is 17.5 Å². The summed E-state index contributed by atoms with van der Waals surface area (Å²) in [7, 11) is 0. The van der Waals surface area contributed by atoms with Gasteiger partial charge in [0.05, 0.1) is 12.5 Å². The fraction of sp³-hybridized carbons (Fsp3) is 0.174. The number of ether oxygens (including phenoxy) is 1. The summed E-state index contributed by atoms with van der Waals surface area (Å²) in [4.78, 5) is 15.9. The molecule has 0 unspecified atom stereocenters. The van der Waals surface area contributed by atoms with Crippen molar-refractivity contribution in [3.63, 3.8) is 0 Å². The monoisotopic (exact) mass is 391 g/mol. The van der Waals surface area contributed by atoms with Gasteiger partial charge in [0.2, 0.25) is 0 Å². The van der Waals surface area contributed by atoms with Gasteiger partial charge in [-0.25, -0.2) is 0 Å². The van der Waals surface area contributed by atoms with E-state index in [0.717, 1.165) is 22.8 Å². The van der Waals surface area contributed by atoms with E-state index >= 15 is 0 Å². The number of fused-ring (bicyclic) bond motifs is 1. The zero-order chi connectivity index (χ0) is 19.2. The Balaban J connectivity index is 1.41. The Kier molecular flexibility index (Phi) is 5.73. The van der Waals surface area contributed by atoms with Crippen molar-refractivity contribution < 1.29 is 13.9 Å². The van der Waals surface area contributed by atoms with Crippen molar-refractivity contribution in [3.8, 4) is 5.75 Å². The number of rotatable bonds is 8. The molecule has 2 heterocycles. The fourth-order valence-corrected chi connectivity index (χ4v) is 3.79. The van der Waals surface area contributed by atoms with Crippen LogP contribution in [-0.4, -0.2) is 24.0 Å². The van der Waals surface area contributed by atoms with Gasteiger partial charge in [-0.3, -0.25) is 4.79 Å². The molecule has 0 aliphatic rings. The molecule has 28 heavy (non-hydrogen) atoms. The summed E-state index contributed by atoms with van der Waals surface area (Å²) in [5.41, 5.74) is 0.977. The molecule has 0 N–H and O–H groups in total. The van der Waals surface area contributed by atoms with Gasteiger partial charge in [0.1, 0.15) is 5.75 Å². The van der Waals surface area contributed by atoms with Crippen molar-refractivity contribution in [2.75, 3.05) is 13.2 Å². The Labute approximate surface area is 168 Å². The van der Waals surface area contributed by atoms with E-state index in [4.69, 9.17) is 9.15 Å². The number of furan rings is 1. The number of hydrogen-bond acceptors (Lipinski definition) is 4. The molecule has 2 aromatic carbocycles. The molecule has 2 aromatic heterocycles. The van der Waals surface area contributed by atoms with Gasteiger partial charge in [0.15, 0.2) is 6.61 Å². The molecular weight excluding hydrogens is 370 g/mol. The quantitative estimate of drug-likeness (QED) is 0.417. The molecule has 0 aliphatic heterocycles. The molecule has 0 bridgehead atoms. The van der Waals surface area contributed by atoms with Crippen LogP contribution in [0.1, 0.15) is 10.4 Å². The van der Waals surface area contributed by atoms with Gasteiger partial charge in [0.25, 0.3) is 5.91 Å². The van der Waals surface area contributed by atoms with Gasteiger partial charge >= 0.3 is 0 Å². The molecule has 0 radical (unpaired) electrons. The molecule has 0 fully saturated rings. The van der Waals surface area contributed by atoms with E-state index in [9.17, 15) is 4.79 Å². The number of hydrogen-bond donors (Lipinski definition) is 0. The van der Waals surface area contributed by atoms with Crippen LogP contribution in [0.2, 0.25) is 0 Å². The Bertz CT molecular complexity index is 1030. The van der Waals surface area contributed by atoms with Gasteiger partial charge in [-0.15, -0.1) is 11.3 Å². The SMILES string of the molecule is O=C(COc1ccc2ccccc2c1)N(CCc1cccs1)Cc1ccoc1. The van der Waals surface area contributed by atoms with E-state index in [-0.39, 0.29) is 12.5 Å². The highest BCUT2D eigenvalue weighted by Crippen LogP contribution is 2.21. The fourth-order valence-electron chi connectivity index (χ4n) is 3.09. The second-order valence-corrected chi connectivity index (χ2v) is 7.61. The highest BCUT2D eigenvalue weighted by molar-refractivity contribution is 7.09. The molecule has 0 spiro atoms. The number of nitrogens with zero attached hydrogens (tertiary/aromatic N) is 1. The molecule has 4 nitrogen and oxygen atoms in total. The number of benzene rings is 2. The maximum atomic E-state index is 12.8. The largest absolute Gasteiger partial charge is 0.484 e. The lowest BCUT2D eigenvalue weighted by molar-refractivity contribution is -0.134. The average molecular weight is 391 g/mol. The lowest BCUT2D eigenvalue weighted by Crippen LogP contribution is -2.35. The Morgan fingerprint density at radius 1 is 1.04 bits per heavy atom. The maximum absolute atomic E-state index is 12.8. The zero-order valence-corrected chi connectivity index (χ0v) is 16.2. The van der Waals surface area contributed by atoms with Crippen LogP contribution in [0, 0.1) is 0 Å². The van der Waals surface area contributed by atoms with Crippen LogP contribution < -0.4 is 4.74 Å². The molecule has 4 rings (SSSR count). The van der Waals surface area contributed by atoms with Crippen molar-refractivity contribution in [1.29, 1.82) is 0 Å². The average Bonchev–Trinajstić information content (AvgIpc) is 3.43. The third kappa shape index (κ3) is 4.61. The maximum Gasteiger partial charge on any atom is 0.260 e. The number of carbonyl (C=O) groups excluding carboxylic acids is 1. The highest BCUT2D eigenvalue weighted by Gasteiger charge is 2.16. The molecular formula is C23H21NO3S. The minimum atomic E-state index is -0.0362. The van der Waals surface area contributed by atoms with Crippen molar-refractivity contribution in [2.24, 2.45) is 0 Å². The molecule has 0 saturated heterocycles. The summed E-state index contributed by atoms with van der Waals surface area (Å²) < 4.78 is 10.9. The lowest BCUT2D eigenvalue weighted by atomic mass is 10.1. The van der Waals surface area contributed by atoms with Crippen LogP contribution >= 0.6 is 11.3 Å². The van der Waals surface area contributed by atoms with Gasteiger partial charge in [-0.1, -0.05) is 36.4 Å². The third-order valence-electron chi connectivity index (χ3n) is 4.60. The van der Waals surface area contributed by atoms with Crippen LogP contribution in [0.25, 0.3) is 10.8 Å². The Hall–Kier alpha value is -3.05. The van der Waals surface area contributed by atoms with Crippen LogP contribution in [0.4, 0.5) is 0 Å². The second kappa shape index (κ2) is 8.76. The lowest BCUT2D eigenvalue weighted by Gasteiger charge is -2.22. The van der Waals surface area contributed by atoms with Gasteiger partial charge in [-0.05, 0) is 46.8 Å². The van der Waals surface area contributed by atoms with Crippen LogP contribution in [0.3, 0.4) is 0 Å². The normalized spacial score (nSPS) is 10.9. The van der Waals surface area contributed by atoms with E-state index in [1.807, 2.05) is 53.4 Å². The molecule has 0 saturated carbocycles. The first kappa shape index (κ1) is 18.3. The Morgan fingerprint density at radius 3 is 2.71 bits per heavy atom. The smallest absolute Gasteiger partial charge is 0.260 e. The summed E-state index contributed by atoms with van der Waals surface area (Å²) in [6.07, 6.45) is 4.13. The predicted molar refractivity (Wildman–Crippen MR) is 112 cm³/mol. The second-order valence-electron chi connectivity index (χ2n) is 6.57. The van der Waals surface area contributed by atoms with Gasteiger partial charge in [-0.2, -0.15) is 0 Å². The topological polar surface area (TPSA) is 42.7 Å². The van der Waals surface area contributed by atoms with Crippen LogP contribution in [0.5, 0.6) is 5.75 Å². The minimum absolute atomic E-state index is 0.0145. The summed E-state index contributed by atoms with van der Waals surface area (Å²) in [6, 6.07) is 20.0. The molecule has 1 amide bonds. The minimum Gasteiger partial charge on any atom is -0.484 e. The van der Waals surface area contributed by atoms with Crippen LogP contribution in [0.15, 0.2) is 83.0 Å². The summed E-state index contributed by atoms with van der Waals surface area (Å²) in [6.45, 7) is 1.17. The standard InChI is InChI=1S/C23H21NO3S/c25-23(17-27-21-8-7-19-4-1-2-5-20(19)14-21)24(15-18-10-12-26-16-18)11-9-22-6-3-13-28-22/h1-8,10,12-14,16H,9,11,15,17H2. The molecule has 4 aromatic rings. The summed E-state index contributed by atoms with van der Waals surface area (Å²) >= 11 is 1.71. The van der Waals surface area contributed by atoms with E-state index in [0.29, 0.717) is 18.8 Å². The Morgan fingerprint density at radius 2 is 1.93 bits per heavy atom. The first-order chi connectivity index (χ1) is 13.8. The van der Waals surface area contributed by atoms with E-state index < -0.39 is 0 Å². The third-order valence-corrected chi connectivity index (χ3v) is 5.53. The highest BCUT2D eigenvalue weighted by atomic mass is 32.1.